The van der Waals surface area contributed by atoms with Gasteiger partial charge in [0.25, 0.3) is 0 Å². The summed E-state index contributed by atoms with van der Waals surface area (Å²) >= 11 is 0. The third kappa shape index (κ3) is 4.87. The van der Waals surface area contributed by atoms with Crippen molar-refractivity contribution < 1.29 is 39.1 Å². The third-order valence-corrected chi connectivity index (χ3v) is 5.67. The molecule has 0 spiro atoms. The Morgan fingerprint density at radius 2 is 1.73 bits per heavy atom. The third-order valence-electron chi connectivity index (χ3n) is 5.67. The predicted octanol–water partition coefficient (Wildman–Crippen LogP) is 0.765. The van der Waals surface area contributed by atoms with Gasteiger partial charge >= 0.3 is 0 Å². The molecule has 5 atom stereocenters. The zero-order chi connectivity index (χ0) is 23.5. The number of rotatable bonds is 7. The fraction of sp³-hybridized carbons (Fsp3) is 0.375. The van der Waals surface area contributed by atoms with E-state index in [1.165, 1.54) is 13.2 Å². The number of aliphatic hydroxyl groups excluding tert-OH is 4. The Kier molecular flexibility index (Phi) is 6.96. The van der Waals surface area contributed by atoms with E-state index in [1.807, 2.05) is 6.07 Å². The van der Waals surface area contributed by atoms with Gasteiger partial charge in [-0.3, -0.25) is 4.79 Å². The Morgan fingerprint density at radius 3 is 2.48 bits per heavy atom. The summed E-state index contributed by atoms with van der Waals surface area (Å²) in [5.41, 5.74) is 1.34. The maximum atomic E-state index is 12.3. The molecule has 176 valence electrons. The highest BCUT2D eigenvalue weighted by molar-refractivity contribution is 5.76. The summed E-state index contributed by atoms with van der Waals surface area (Å²) in [5, 5.41) is 39.9. The lowest BCUT2D eigenvalue weighted by Crippen LogP contribution is -2.60. The smallest absolute Gasteiger partial charge is 0.229 e. The molecule has 0 amide bonds. The van der Waals surface area contributed by atoms with Crippen molar-refractivity contribution in [3.63, 3.8) is 0 Å². The Hall–Kier alpha value is -2.95. The topological polar surface area (TPSA) is 139 Å². The van der Waals surface area contributed by atoms with Crippen molar-refractivity contribution in [1.29, 1.82) is 0 Å². The molecular weight excluding hydrogens is 432 g/mol. The van der Waals surface area contributed by atoms with Crippen molar-refractivity contribution in [2.24, 2.45) is 0 Å². The quantitative estimate of drug-likeness (QED) is 0.404. The van der Waals surface area contributed by atoms with E-state index >= 15 is 0 Å². The van der Waals surface area contributed by atoms with Crippen molar-refractivity contribution in [3.8, 4) is 11.5 Å². The van der Waals surface area contributed by atoms with Gasteiger partial charge in [-0.25, -0.2) is 0 Å². The average Bonchev–Trinajstić information content (AvgIpc) is 2.83. The highest BCUT2D eigenvalue weighted by Gasteiger charge is 2.44. The van der Waals surface area contributed by atoms with Crippen molar-refractivity contribution >= 4 is 11.0 Å². The summed E-state index contributed by atoms with van der Waals surface area (Å²) in [6.07, 6.45) is -5.86. The number of hydrogen-bond acceptors (Lipinski definition) is 9. The number of aryl methyl sites for hydroxylation is 2. The number of hydrogen-bond donors (Lipinski definition) is 4. The molecule has 4 N–H and O–H groups in total. The zero-order valence-corrected chi connectivity index (χ0v) is 18.0. The molecule has 1 aliphatic heterocycles. The highest BCUT2D eigenvalue weighted by atomic mass is 16.7. The Balaban J connectivity index is 1.47. The normalized spacial score (nSPS) is 25.2. The van der Waals surface area contributed by atoms with Crippen molar-refractivity contribution in [2.75, 3.05) is 13.7 Å². The summed E-state index contributed by atoms with van der Waals surface area (Å²) in [5.74, 6) is 1.19. The van der Waals surface area contributed by atoms with Crippen LogP contribution in [0.25, 0.3) is 11.0 Å². The van der Waals surface area contributed by atoms with E-state index in [0.29, 0.717) is 35.3 Å². The maximum Gasteiger partial charge on any atom is 0.229 e. The molecule has 0 aliphatic carbocycles. The first-order valence-electron chi connectivity index (χ1n) is 10.6. The lowest BCUT2D eigenvalue weighted by molar-refractivity contribution is -0.277. The lowest BCUT2D eigenvalue weighted by atomic mass is 9.99. The van der Waals surface area contributed by atoms with Crippen LogP contribution >= 0.6 is 0 Å². The van der Waals surface area contributed by atoms with Gasteiger partial charge < -0.3 is 39.1 Å². The summed E-state index contributed by atoms with van der Waals surface area (Å²) in [6, 6.07) is 13.8. The van der Waals surface area contributed by atoms with Gasteiger partial charge in [-0.1, -0.05) is 18.2 Å². The highest BCUT2D eigenvalue weighted by Crippen LogP contribution is 2.32. The summed E-state index contributed by atoms with van der Waals surface area (Å²) in [6.45, 7) is -0.550. The van der Waals surface area contributed by atoms with Gasteiger partial charge in [0.15, 0.2) is 16.9 Å². The first-order valence-corrected chi connectivity index (χ1v) is 10.6. The average molecular weight is 458 g/mol. The Labute approximate surface area is 189 Å². The molecule has 2 aromatic carbocycles. The van der Waals surface area contributed by atoms with Crippen LogP contribution in [-0.2, 0) is 17.6 Å². The summed E-state index contributed by atoms with van der Waals surface area (Å²) in [4.78, 5) is 12.3. The van der Waals surface area contributed by atoms with Crippen LogP contribution in [0, 0.1) is 0 Å². The van der Waals surface area contributed by atoms with E-state index in [2.05, 4.69) is 0 Å². The van der Waals surface area contributed by atoms with Gasteiger partial charge in [-0.15, -0.1) is 0 Å². The van der Waals surface area contributed by atoms with E-state index in [4.69, 9.17) is 18.6 Å². The Morgan fingerprint density at radius 1 is 0.939 bits per heavy atom. The molecule has 2 heterocycles. The lowest BCUT2D eigenvalue weighted by Gasteiger charge is -2.39. The summed E-state index contributed by atoms with van der Waals surface area (Å²) in [7, 11) is 1.46. The molecule has 1 aromatic heterocycles. The van der Waals surface area contributed by atoms with Crippen LogP contribution in [0.5, 0.6) is 11.5 Å². The molecule has 4 rings (SSSR count). The molecule has 1 saturated heterocycles. The monoisotopic (exact) mass is 458 g/mol. The second-order valence-electron chi connectivity index (χ2n) is 7.87. The molecule has 0 radical (unpaired) electrons. The van der Waals surface area contributed by atoms with Crippen LogP contribution in [0.2, 0.25) is 0 Å². The molecular formula is C24H26O9. The van der Waals surface area contributed by atoms with Crippen LogP contribution < -0.4 is 14.9 Å². The molecule has 0 bridgehead atoms. The minimum atomic E-state index is -1.54. The number of methoxy groups -OCH3 is 1. The minimum absolute atomic E-state index is 0.0901. The van der Waals surface area contributed by atoms with Crippen LogP contribution in [-0.4, -0.2) is 64.8 Å². The first-order chi connectivity index (χ1) is 15.9. The summed E-state index contributed by atoms with van der Waals surface area (Å²) < 4.78 is 22.3. The first kappa shape index (κ1) is 23.2. The van der Waals surface area contributed by atoms with Gasteiger partial charge in [0.05, 0.1) is 19.1 Å². The fourth-order valence-corrected chi connectivity index (χ4v) is 3.80. The SMILES string of the molecule is COc1cc(CCc2cc(=O)c3ccccc3o2)ccc1O[C@@H]1O[C@H](CO)[C@@H](O)[C@H](O)[C@H]1O. The predicted molar refractivity (Wildman–Crippen MR) is 117 cm³/mol. The number of fused-ring (bicyclic) bond motifs is 1. The van der Waals surface area contributed by atoms with Crippen LogP contribution in [0.1, 0.15) is 11.3 Å². The van der Waals surface area contributed by atoms with Crippen LogP contribution in [0.15, 0.2) is 57.7 Å². The molecule has 9 nitrogen and oxygen atoms in total. The second kappa shape index (κ2) is 9.90. The molecule has 33 heavy (non-hydrogen) atoms. The number of aliphatic hydroxyl groups is 4. The largest absolute Gasteiger partial charge is 0.493 e. The van der Waals surface area contributed by atoms with Gasteiger partial charge in [-0.05, 0) is 36.2 Å². The van der Waals surface area contributed by atoms with Crippen molar-refractivity contribution in [1.82, 2.24) is 0 Å². The standard InChI is InChI=1S/C24H26O9/c1-30-19-10-13(6-8-14-11-16(26)15-4-2-3-5-17(15)31-14)7-9-18(19)32-24-23(29)22(28)21(27)20(12-25)33-24/h2-5,7,9-11,20-25,27-29H,6,8,12H2,1H3/t20-,21-,22+,23-,24-/m1/s1. The van der Waals surface area contributed by atoms with Crippen molar-refractivity contribution in [2.45, 2.75) is 43.5 Å². The Bertz CT molecular complexity index is 1160. The molecule has 0 unspecified atom stereocenters. The van der Waals surface area contributed by atoms with E-state index in [0.717, 1.165) is 5.56 Å². The van der Waals surface area contributed by atoms with E-state index in [-0.39, 0.29) is 11.2 Å². The van der Waals surface area contributed by atoms with Crippen LogP contribution in [0.4, 0.5) is 0 Å². The number of benzene rings is 2. The second-order valence-corrected chi connectivity index (χ2v) is 7.87. The van der Waals surface area contributed by atoms with Gasteiger partial charge in [0.2, 0.25) is 6.29 Å². The number of ether oxygens (including phenoxy) is 3. The van der Waals surface area contributed by atoms with Crippen LogP contribution in [0.3, 0.4) is 0 Å². The van der Waals surface area contributed by atoms with Gasteiger partial charge in [0.1, 0.15) is 35.8 Å². The molecule has 0 saturated carbocycles. The zero-order valence-electron chi connectivity index (χ0n) is 18.0. The maximum absolute atomic E-state index is 12.3. The van der Waals surface area contributed by atoms with Gasteiger partial charge in [-0.2, -0.15) is 0 Å². The van der Waals surface area contributed by atoms with E-state index in [9.17, 15) is 25.2 Å². The van der Waals surface area contributed by atoms with E-state index < -0.39 is 37.3 Å². The fourth-order valence-electron chi connectivity index (χ4n) is 3.80. The minimum Gasteiger partial charge on any atom is -0.493 e. The van der Waals surface area contributed by atoms with Crippen molar-refractivity contribution in [3.05, 3.63) is 70.1 Å². The van der Waals surface area contributed by atoms with Gasteiger partial charge in [0, 0.05) is 12.5 Å². The molecule has 1 fully saturated rings. The molecule has 9 heteroatoms. The van der Waals surface area contributed by atoms with E-state index in [1.54, 1.807) is 36.4 Å². The molecule has 1 aliphatic rings. The number of para-hydroxylation sites is 1. The molecule has 3 aromatic rings.